The van der Waals surface area contributed by atoms with Crippen LogP contribution in [0.15, 0.2) is 29.6 Å². The lowest BCUT2D eigenvalue weighted by Crippen LogP contribution is -2.44. The molecule has 5 nitrogen and oxygen atoms in total. The maximum Gasteiger partial charge on any atom is 0.243 e. The zero-order chi connectivity index (χ0) is 20.3. The Morgan fingerprint density at radius 2 is 1.96 bits per heavy atom. The molecule has 1 atom stereocenters. The van der Waals surface area contributed by atoms with Crippen molar-refractivity contribution in [2.24, 2.45) is 0 Å². The van der Waals surface area contributed by atoms with E-state index in [2.05, 4.69) is 28.6 Å². The molecule has 0 fully saturated rings. The molecule has 3 rings (SSSR count). The molecule has 1 aromatic heterocycles. The van der Waals surface area contributed by atoms with E-state index < -0.39 is 0 Å². The number of benzene rings is 1. The summed E-state index contributed by atoms with van der Waals surface area (Å²) in [6.07, 6.45) is 1.97. The number of thiophene rings is 1. The molecule has 0 bridgehead atoms. The summed E-state index contributed by atoms with van der Waals surface area (Å²) in [6.45, 7) is 7.40. The van der Waals surface area contributed by atoms with Crippen LogP contribution in [0.3, 0.4) is 0 Å². The van der Waals surface area contributed by atoms with Crippen molar-refractivity contribution < 1.29 is 9.59 Å². The highest BCUT2D eigenvalue weighted by molar-refractivity contribution is 7.10. The SMILES string of the molecule is CC[C@@H]1c2ccsc2CCN1CC(=O)N(C)CC(=O)Nc1c(C)cccc1C. The number of para-hydroxylation sites is 1. The van der Waals surface area contributed by atoms with E-state index in [4.69, 9.17) is 0 Å². The van der Waals surface area contributed by atoms with Gasteiger partial charge in [0.15, 0.2) is 0 Å². The molecular formula is C22H29N3O2S. The number of likely N-dealkylation sites (N-methyl/N-ethyl adjacent to an activating group) is 1. The summed E-state index contributed by atoms with van der Waals surface area (Å²) < 4.78 is 0. The predicted octanol–water partition coefficient (Wildman–Crippen LogP) is 3.77. The first kappa shape index (κ1) is 20.6. The Morgan fingerprint density at radius 1 is 1.25 bits per heavy atom. The monoisotopic (exact) mass is 399 g/mol. The molecule has 6 heteroatoms. The van der Waals surface area contributed by atoms with Crippen LogP contribution in [0.4, 0.5) is 5.69 Å². The van der Waals surface area contributed by atoms with E-state index in [1.807, 2.05) is 43.4 Å². The lowest BCUT2D eigenvalue weighted by molar-refractivity contribution is -0.135. The number of rotatable bonds is 6. The number of nitrogens with one attached hydrogen (secondary N) is 1. The molecule has 2 amide bonds. The molecule has 0 saturated carbocycles. The molecule has 0 spiro atoms. The molecule has 0 unspecified atom stereocenters. The summed E-state index contributed by atoms with van der Waals surface area (Å²) in [5, 5.41) is 5.09. The van der Waals surface area contributed by atoms with Crippen molar-refractivity contribution in [2.45, 2.75) is 39.7 Å². The fourth-order valence-corrected chi connectivity index (χ4v) is 4.83. The maximum atomic E-state index is 12.8. The molecule has 2 heterocycles. The van der Waals surface area contributed by atoms with Gasteiger partial charge in [0.2, 0.25) is 11.8 Å². The third kappa shape index (κ3) is 4.45. The Kier molecular flexibility index (Phi) is 6.52. The zero-order valence-corrected chi connectivity index (χ0v) is 17.9. The van der Waals surface area contributed by atoms with E-state index in [0.29, 0.717) is 6.54 Å². The summed E-state index contributed by atoms with van der Waals surface area (Å²) in [6, 6.07) is 8.38. The van der Waals surface area contributed by atoms with Gasteiger partial charge in [-0.2, -0.15) is 0 Å². The van der Waals surface area contributed by atoms with E-state index >= 15 is 0 Å². The van der Waals surface area contributed by atoms with Crippen LogP contribution in [0.5, 0.6) is 0 Å². The van der Waals surface area contributed by atoms with E-state index in [1.54, 1.807) is 7.05 Å². The molecule has 2 aromatic rings. The molecule has 1 aliphatic heterocycles. The molecule has 1 N–H and O–H groups in total. The van der Waals surface area contributed by atoms with Crippen LogP contribution in [-0.2, 0) is 16.0 Å². The highest BCUT2D eigenvalue weighted by Crippen LogP contribution is 2.34. The molecule has 0 radical (unpaired) electrons. The normalized spacial score (nSPS) is 16.5. The van der Waals surface area contributed by atoms with Crippen molar-refractivity contribution in [1.29, 1.82) is 0 Å². The van der Waals surface area contributed by atoms with Crippen molar-refractivity contribution >= 4 is 28.8 Å². The maximum absolute atomic E-state index is 12.8. The van der Waals surface area contributed by atoms with Crippen LogP contribution >= 0.6 is 11.3 Å². The van der Waals surface area contributed by atoms with Crippen LogP contribution in [0, 0.1) is 13.8 Å². The number of hydrogen-bond donors (Lipinski definition) is 1. The highest BCUT2D eigenvalue weighted by atomic mass is 32.1. The van der Waals surface area contributed by atoms with Gasteiger partial charge in [0.25, 0.3) is 0 Å². The fourth-order valence-electron chi connectivity index (χ4n) is 3.90. The van der Waals surface area contributed by atoms with Crippen LogP contribution in [0.25, 0.3) is 0 Å². The van der Waals surface area contributed by atoms with Gasteiger partial charge in [-0.3, -0.25) is 14.5 Å². The van der Waals surface area contributed by atoms with Gasteiger partial charge in [-0.25, -0.2) is 0 Å². The molecular weight excluding hydrogens is 370 g/mol. The number of amides is 2. The Bertz CT molecular complexity index is 841. The molecule has 0 saturated heterocycles. The Hall–Kier alpha value is -2.18. The molecule has 150 valence electrons. The molecule has 1 aliphatic rings. The van der Waals surface area contributed by atoms with E-state index in [0.717, 1.165) is 36.2 Å². The fraction of sp³-hybridized carbons (Fsp3) is 0.455. The largest absolute Gasteiger partial charge is 0.335 e. The summed E-state index contributed by atoms with van der Waals surface area (Å²) in [5.74, 6) is -0.187. The van der Waals surface area contributed by atoms with E-state index in [-0.39, 0.29) is 24.4 Å². The second-order valence-corrected chi connectivity index (χ2v) is 8.51. The van der Waals surface area contributed by atoms with Gasteiger partial charge in [-0.1, -0.05) is 25.1 Å². The standard InChI is InChI=1S/C22H29N3O2S/c1-5-18-17-10-12-28-19(17)9-11-25(18)14-21(27)24(4)13-20(26)23-22-15(2)7-6-8-16(22)3/h6-8,10,12,18H,5,9,11,13-14H2,1-4H3,(H,23,26)/t18-/m1/s1. The molecule has 28 heavy (non-hydrogen) atoms. The molecule has 0 aliphatic carbocycles. The first-order chi connectivity index (χ1) is 13.4. The minimum atomic E-state index is -0.168. The Balaban J connectivity index is 1.58. The average Bonchev–Trinajstić information content (AvgIpc) is 3.13. The average molecular weight is 400 g/mol. The van der Waals surface area contributed by atoms with Crippen molar-refractivity contribution in [3.63, 3.8) is 0 Å². The third-order valence-electron chi connectivity index (χ3n) is 5.48. The summed E-state index contributed by atoms with van der Waals surface area (Å²) >= 11 is 1.81. The van der Waals surface area contributed by atoms with Gasteiger partial charge in [0, 0.05) is 30.2 Å². The number of fused-ring (bicyclic) bond motifs is 1. The zero-order valence-electron chi connectivity index (χ0n) is 17.1. The van der Waals surface area contributed by atoms with Crippen LogP contribution in [0.1, 0.15) is 41.0 Å². The van der Waals surface area contributed by atoms with Gasteiger partial charge in [0.05, 0.1) is 13.1 Å². The summed E-state index contributed by atoms with van der Waals surface area (Å²) in [7, 11) is 1.70. The predicted molar refractivity (Wildman–Crippen MR) is 115 cm³/mol. The lowest BCUT2D eigenvalue weighted by atomic mass is 9.98. The van der Waals surface area contributed by atoms with Gasteiger partial charge in [-0.15, -0.1) is 11.3 Å². The van der Waals surface area contributed by atoms with E-state index in [1.165, 1.54) is 15.3 Å². The van der Waals surface area contributed by atoms with Crippen LogP contribution in [-0.4, -0.2) is 48.3 Å². The topological polar surface area (TPSA) is 52.7 Å². The Labute approximate surface area is 171 Å². The number of anilines is 1. The summed E-state index contributed by atoms with van der Waals surface area (Å²) in [5.41, 5.74) is 4.24. The van der Waals surface area contributed by atoms with E-state index in [9.17, 15) is 9.59 Å². The first-order valence-corrected chi connectivity index (χ1v) is 10.7. The van der Waals surface area contributed by atoms with Crippen LogP contribution in [0.2, 0.25) is 0 Å². The number of hydrogen-bond acceptors (Lipinski definition) is 4. The summed E-state index contributed by atoms with van der Waals surface area (Å²) in [4.78, 5) is 30.4. The number of carbonyl (C=O) groups excluding carboxylic acids is 2. The highest BCUT2D eigenvalue weighted by Gasteiger charge is 2.29. The second kappa shape index (κ2) is 8.88. The smallest absolute Gasteiger partial charge is 0.243 e. The number of nitrogens with zero attached hydrogens (tertiary/aromatic N) is 2. The minimum Gasteiger partial charge on any atom is -0.335 e. The minimum absolute atomic E-state index is 0.0196. The van der Waals surface area contributed by atoms with Crippen molar-refractivity contribution in [2.75, 3.05) is 32.0 Å². The number of carbonyl (C=O) groups is 2. The number of aryl methyl sites for hydroxylation is 2. The molecule has 1 aromatic carbocycles. The van der Waals surface area contributed by atoms with Gasteiger partial charge in [-0.05, 0) is 54.8 Å². The Morgan fingerprint density at radius 3 is 2.64 bits per heavy atom. The van der Waals surface area contributed by atoms with Crippen LogP contribution < -0.4 is 5.32 Å². The van der Waals surface area contributed by atoms with Gasteiger partial charge < -0.3 is 10.2 Å². The quantitative estimate of drug-likeness (QED) is 0.804. The lowest BCUT2D eigenvalue weighted by Gasteiger charge is -2.35. The van der Waals surface area contributed by atoms with Crippen molar-refractivity contribution in [3.05, 3.63) is 51.2 Å². The first-order valence-electron chi connectivity index (χ1n) is 9.81. The second-order valence-electron chi connectivity index (χ2n) is 7.51. The third-order valence-corrected chi connectivity index (χ3v) is 6.48. The van der Waals surface area contributed by atoms with Crippen molar-refractivity contribution in [1.82, 2.24) is 9.80 Å². The van der Waals surface area contributed by atoms with Gasteiger partial charge >= 0.3 is 0 Å². The van der Waals surface area contributed by atoms with Gasteiger partial charge in [0.1, 0.15) is 0 Å². The van der Waals surface area contributed by atoms with Crippen molar-refractivity contribution in [3.8, 4) is 0 Å².